The third-order valence-electron chi connectivity index (χ3n) is 5.40. The second-order valence-electron chi connectivity index (χ2n) is 7.61. The summed E-state index contributed by atoms with van der Waals surface area (Å²) < 4.78 is 1.99. The zero-order chi connectivity index (χ0) is 23.8. The summed E-state index contributed by atoms with van der Waals surface area (Å²) in [6, 6.07) is 23.9. The zero-order valence-corrected chi connectivity index (χ0v) is 20.2. The van der Waals surface area contributed by atoms with Gasteiger partial charge in [-0.15, -0.1) is 10.2 Å². The van der Waals surface area contributed by atoms with Gasteiger partial charge in [-0.2, -0.15) is 0 Å². The number of amides is 1. The lowest BCUT2D eigenvalue weighted by Gasteiger charge is -2.19. The topological polar surface area (TPSA) is 75.9 Å². The molecule has 0 aliphatic heterocycles. The highest BCUT2D eigenvalue weighted by Gasteiger charge is 2.17. The number of hydrogen-bond acceptors (Lipinski definition) is 6. The third-order valence-corrected chi connectivity index (χ3v) is 6.33. The van der Waals surface area contributed by atoms with Gasteiger partial charge in [0.1, 0.15) is 5.82 Å². The van der Waals surface area contributed by atoms with Crippen molar-refractivity contribution >= 4 is 23.5 Å². The second-order valence-corrected chi connectivity index (χ2v) is 8.55. The molecule has 0 atom stereocenters. The van der Waals surface area contributed by atoms with Crippen LogP contribution >= 0.6 is 11.8 Å². The van der Waals surface area contributed by atoms with Crippen LogP contribution in [0.3, 0.4) is 0 Å². The maximum Gasteiger partial charge on any atom is 0.230 e. The number of benzene rings is 2. The maximum atomic E-state index is 12.6. The van der Waals surface area contributed by atoms with Crippen LogP contribution in [0.2, 0.25) is 0 Å². The Kier molecular flexibility index (Phi) is 7.93. The number of para-hydroxylation sites is 1. The van der Waals surface area contributed by atoms with E-state index in [2.05, 4.69) is 39.2 Å². The molecule has 0 spiro atoms. The fourth-order valence-electron chi connectivity index (χ4n) is 3.59. The molecule has 34 heavy (non-hydrogen) atoms. The Hall–Kier alpha value is -3.65. The normalized spacial score (nSPS) is 10.8. The van der Waals surface area contributed by atoms with Crippen molar-refractivity contribution in [2.45, 2.75) is 25.5 Å². The molecule has 2 heterocycles. The van der Waals surface area contributed by atoms with Gasteiger partial charge < -0.3 is 10.2 Å². The molecular formula is C26H28N6OS. The van der Waals surface area contributed by atoms with E-state index >= 15 is 0 Å². The first-order valence-electron chi connectivity index (χ1n) is 11.3. The molecule has 1 N–H and O–H groups in total. The van der Waals surface area contributed by atoms with Crippen molar-refractivity contribution in [3.63, 3.8) is 0 Å². The molecule has 4 aromatic rings. The van der Waals surface area contributed by atoms with Crippen LogP contribution in [0.25, 0.3) is 17.1 Å². The van der Waals surface area contributed by atoms with Crippen molar-refractivity contribution in [2.24, 2.45) is 0 Å². The van der Waals surface area contributed by atoms with Crippen LogP contribution < -0.4 is 10.2 Å². The van der Waals surface area contributed by atoms with E-state index in [-0.39, 0.29) is 11.7 Å². The van der Waals surface area contributed by atoms with Crippen molar-refractivity contribution < 1.29 is 4.79 Å². The highest BCUT2D eigenvalue weighted by molar-refractivity contribution is 7.99. The molecule has 4 rings (SSSR count). The fraction of sp³-hybridized carbons (Fsp3) is 0.231. The van der Waals surface area contributed by atoms with Crippen LogP contribution in [-0.4, -0.2) is 44.5 Å². The van der Waals surface area contributed by atoms with Gasteiger partial charge in [0.05, 0.1) is 5.75 Å². The number of carbonyl (C=O) groups excluding carboxylic acids is 1. The Morgan fingerprint density at radius 1 is 0.941 bits per heavy atom. The van der Waals surface area contributed by atoms with Crippen molar-refractivity contribution in [3.05, 3.63) is 84.6 Å². The number of pyridine rings is 1. The van der Waals surface area contributed by atoms with E-state index in [1.807, 2.05) is 83.6 Å². The van der Waals surface area contributed by atoms with Gasteiger partial charge in [0.15, 0.2) is 11.0 Å². The van der Waals surface area contributed by atoms with Crippen LogP contribution in [0.5, 0.6) is 0 Å². The Bertz CT molecular complexity index is 1190. The Balaban J connectivity index is 1.41. The third kappa shape index (κ3) is 5.63. The van der Waals surface area contributed by atoms with E-state index < -0.39 is 0 Å². The lowest BCUT2D eigenvalue weighted by molar-refractivity contribution is -0.118. The highest BCUT2D eigenvalue weighted by Crippen LogP contribution is 2.27. The number of nitrogens with one attached hydrogen (secondary N) is 1. The van der Waals surface area contributed by atoms with Crippen molar-refractivity contribution in [2.75, 3.05) is 23.7 Å². The largest absolute Gasteiger partial charge is 0.357 e. The van der Waals surface area contributed by atoms with Gasteiger partial charge in [-0.25, -0.2) is 4.98 Å². The number of rotatable bonds is 10. The number of carbonyl (C=O) groups is 1. The molecule has 0 saturated heterocycles. The first-order chi connectivity index (χ1) is 16.7. The van der Waals surface area contributed by atoms with E-state index in [4.69, 9.17) is 0 Å². The summed E-state index contributed by atoms with van der Waals surface area (Å²) in [5, 5.41) is 12.4. The van der Waals surface area contributed by atoms with E-state index in [0.717, 1.165) is 41.5 Å². The van der Waals surface area contributed by atoms with Crippen molar-refractivity contribution in [1.82, 2.24) is 25.1 Å². The molecule has 174 valence electrons. The lowest BCUT2D eigenvalue weighted by Crippen LogP contribution is -2.25. The minimum Gasteiger partial charge on any atom is -0.357 e. The van der Waals surface area contributed by atoms with Gasteiger partial charge in [0.2, 0.25) is 5.91 Å². The number of anilines is 1. The summed E-state index contributed by atoms with van der Waals surface area (Å²) in [5.41, 5.74) is 2.89. The number of aromatic nitrogens is 4. The predicted octanol–water partition coefficient (Wildman–Crippen LogP) is 4.58. The molecule has 2 aromatic carbocycles. The summed E-state index contributed by atoms with van der Waals surface area (Å²) in [4.78, 5) is 19.3. The maximum absolute atomic E-state index is 12.6. The van der Waals surface area contributed by atoms with Crippen LogP contribution in [0, 0.1) is 0 Å². The smallest absolute Gasteiger partial charge is 0.230 e. The molecule has 0 radical (unpaired) electrons. The summed E-state index contributed by atoms with van der Waals surface area (Å²) in [6.07, 6.45) is 1.82. The van der Waals surface area contributed by atoms with Crippen LogP contribution in [0.15, 0.2) is 84.1 Å². The van der Waals surface area contributed by atoms with Crippen LogP contribution in [-0.2, 0) is 11.3 Å². The molecule has 7 nitrogen and oxygen atoms in total. The molecule has 0 bridgehead atoms. The van der Waals surface area contributed by atoms with E-state index in [0.29, 0.717) is 11.7 Å². The molecule has 0 unspecified atom stereocenters. The van der Waals surface area contributed by atoms with Gasteiger partial charge in [-0.3, -0.25) is 9.36 Å². The Morgan fingerprint density at radius 3 is 2.29 bits per heavy atom. The quantitative estimate of drug-likeness (QED) is 0.341. The minimum absolute atomic E-state index is 0.0679. The Morgan fingerprint density at radius 2 is 1.65 bits per heavy atom. The first-order valence-corrected chi connectivity index (χ1v) is 12.3. The monoisotopic (exact) mass is 472 g/mol. The first kappa shape index (κ1) is 23.5. The van der Waals surface area contributed by atoms with Crippen molar-refractivity contribution in [3.8, 4) is 17.1 Å². The number of thioether (sulfide) groups is 1. The summed E-state index contributed by atoms with van der Waals surface area (Å²) in [5.74, 6) is 1.87. The molecule has 0 fully saturated rings. The number of hydrogen-bond donors (Lipinski definition) is 1. The molecular weight excluding hydrogens is 444 g/mol. The highest BCUT2D eigenvalue weighted by atomic mass is 32.2. The fourth-order valence-corrected chi connectivity index (χ4v) is 4.37. The van der Waals surface area contributed by atoms with E-state index in [9.17, 15) is 4.79 Å². The minimum atomic E-state index is -0.0679. The average Bonchev–Trinajstić information content (AvgIpc) is 3.33. The SMILES string of the molecule is CCN(CC)c1ccc(CNC(=O)CSc2nnc(-c3ccccc3)n2-c2ccccc2)cn1. The van der Waals surface area contributed by atoms with E-state index in [1.165, 1.54) is 11.8 Å². The van der Waals surface area contributed by atoms with Gasteiger partial charge in [-0.1, -0.05) is 66.4 Å². The lowest BCUT2D eigenvalue weighted by atomic mass is 10.2. The molecule has 8 heteroatoms. The standard InChI is InChI=1S/C26H28N6OS/c1-3-31(4-2)23-16-15-20(17-27-23)18-28-24(33)19-34-26-30-29-25(21-11-7-5-8-12-21)32(26)22-13-9-6-10-14-22/h5-17H,3-4,18-19H2,1-2H3,(H,28,33). The van der Waals surface area contributed by atoms with Gasteiger partial charge in [0, 0.05) is 37.1 Å². The number of nitrogens with zero attached hydrogens (tertiary/aromatic N) is 5. The van der Waals surface area contributed by atoms with E-state index in [1.54, 1.807) is 0 Å². The Labute approximate surface area is 204 Å². The van der Waals surface area contributed by atoms with Gasteiger partial charge >= 0.3 is 0 Å². The predicted molar refractivity (Wildman–Crippen MR) is 137 cm³/mol. The van der Waals surface area contributed by atoms with Gasteiger partial charge in [-0.05, 0) is 37.6 Å². The molecule has 0 saturated carbocycles. The van der Waals surface area contributed by atoms with Crippen LogP contribution in [0.4, 0.5) is 5.82 Å². The second kappa shape index (κ2) is 11.5. The summed E-state index contributed by atoms with van der Waals surface area (Å²) in [7, 11) is 0. The molecule has 2 aromatic heterocycles. The molecule has 0 aliphatic rings. The average molecular weight is 473 g/mol. The summed E-state index contributed by atoms with van der Waals surface area (Å²) >= 11 is 1.37. The van der Waals surface area contributed by atoms with Crippen LogP contribution in [0.1, 0.15) is 19.4 Å². The summed E-state index contributed by atoms with van der Waals surface area (Å²) in [6.45, 7) is 6.48. The molecule has 0 aliphatic carbocycles. The van der Waals surface area contributed by atoms with Gasteiger partial charge in [0.25, 0.3) is 0 Å². The van der Waals surface area contributed by atoms with Crippen molar-refractivity contribution in [1.29, 1.82) is 0 Å². The molecule has 1 amide bonds. The zero-order valence-electron chi connectivity index (χ0n) is 19.4.